The summed E-state index contributed by atoms with van der Waals surface area (Å²) in [5, 5.41) is 18.5. The first-order chi connectivity index (χ1) is 8.35. The van der Waals surface area contributed by atoms with Crippen LogP contribution in [0.1, 0.15) is 33.1 Å². The van der Waals surface area contributed by atoms with E-state index in [1.165, 1.54) is 9.80 Å². The monoisotopic (exact) mass is 256 g/mol. The number of hydrogen-bond donors (Lipinski definition) is 2. The molecule has 102 valence electrons. The van der Waals surface area contributed by atoms with Gasteiger partial charge in [0.25, 0.3) is 0 Å². The second kappa shape index (κ2) is 4.33. The second-order valence-corrected chi connectivity index (χ2v) is 5.81. The van der Waals surface area contributed by atoms with E-state index in [0.29, 0.717) is 25.4 Å². The van der Waals surface area contributed by atoms with Crippen molar-refractivity contribution < 1.29 is 19.8 Å². The normalized spacial score (nSPS) is 25.6. The molecule has 2 aliphatic rings. The first-order valence-corrected chi connectivity index (χ1v) is 6.36. The Morgan fingerprint density at radius 3 is 2.28 bits per heavy atom. The molecule has 1 atom stereocenters. The molecule has 6 heteroatoms. The molecule has 2 N–H and O–H groups in total. The lowest BCUT2D eigenvalue weighted by Gasteiger charge is -2.45. The maximum Gasteiger partial charge on any atom is 0.407 e. The Balaban J connectivity index is 2.17. The first-order valence-electron chi connectivity index (χ1n) is 6.36. The fourth-order valence-corrected chi connectivity index (χ4v) is 2.86. The lowest BCUT2D eigenvalue weighted by Crippen LogP contribution is -2.62. The molecule has 0 bridgehead atoms. The van der Waals surface area contributed by atoms with Gasteiger partial charge in [-0.3, -0.25) is 4.90 Å². The van der Waals surface area contributed by atoms with Gasteiger partial charge >= 0.3 is 12.2 Å². The Morgan fingerprint density at radius 2 is 1.89 bits per heavy atom. The average Bonchev–Trinajstić information content (AvgIpc) is 2.99. The standard InChI is InChI=1S/C12H20N2O4/c1-8(2)5-9-6-14(11(17)18)12(3-4-12)7-13(9)10(15)16/h8-9H,3-7H2,1-2H3,(H,15,16)(H,17,18)/t9-/m1/s1. The van der Waals surface area contributed by atoms with Crippen molar-refractivity contribution >= 4 is 12.2 Å². The van der Waals surface area contributed by atoms with Crippen LogP contribution in [0.5, 0.6) is 0 Å². The summed E-state index contributed by atoms with van der Waals surface area (Å²) in [6.07, 6.45) is 0.393. The van der Waals surface area contributed by atoms with Crippen LogP contribution < -0.4 is 0 Å². The van der Waals surface area contributed by atoms with Crippen LogP contribution in [0.15, 0.2) is 0 Å². The molecule has 1 aliphatic carbocycles. The Morgan fingerprint density at radius 1 is 1.28 bits per heavy atom. The maximum atomic E-state index is 11.3. The molecule has 2 amide bonds. The fourth-order valence-electron chi connectivity index (χ4n) is 2.86. The van der Waals surface area contributed by atoms with Gasteiger partial charge in [-0.2, -0.15) is 0 Å². The van der Waals surface area contributed by atoms with Gasteiger partial charge in [0.1, 0.15) is 0 Å². The van der Waals surface area contributed by atoms with Gasteiger partial charge in [0, 0.05) is 13.1 Å². The van der Waals surface area contributed by atoms with Gasteiger partial charge in [-0.05, 0) is 25.2 Å². The number of nitrogens with zero attached hydrogens (tertiary/aromatic N) is 2. The summed E-state index contributed by atoms with van der Waals surface area (Å²) >= 11 is 0. The minimum absolute atomic E-state index is 0.218. The molecular weight excluding hydrogens is 236 g/mol. The minimum Gasteiger partial charge on any atom is -0.465 e. The number of amides is 2. The molecule has 0 unspecified atom stereocenters. The molecule has 0 aromatic rings. The highest BCUT2D eigenvalue weighted by Crippen LogP contribution is 2.45. The van der Waals surface area contributed by atoms with Crippen LogP contribution in [0.2, 0.25) is 0 Å². The van der Waals surface area contributed by atoms with Gasteiger partial charge < -0.3 is 15.1 Å². The van der Waals surface area contributed by atoms with E-state index in [1.54, 1.807) is 0 Å². The number of hydrogen-bond acceptors (Lipinski definition) is 2. The molecular formula is C12H20N2O4. The SMILES string of the molecule is CC(C)C[C@@H]1CN(C(=O)O)C2(CC2)CN1C(=O)O. The van der Waals surface area contributed by atoms with Crippen molar-refractivity contribution in [2.45, 2.75) is 44.7 Å². The van der Waals surface area contributed by atoms with E-state index in [1.807, 2.05) is 13.8 Å². The summed E-state index contributed by atoms with van der Waals surface area (Å²) in [7, 11) is 0. The highest BCUT2D eigenvalue weighted by molar-refractivity contribution is 5.70. The molecule has 2 rings (SSSR count). The Kier molecular flexibility index (Phi) is 3.12. The van der Waals surface area contributed by atoms with E-state index < -0.39 is 17.7 Å². The van der Waals surface area contributed by atoms with Crippen molar-refractivity contribution in [3.05, 3.63) is 0 Å². The number of piperazine rings is 1. The topological polar surface area (TPSA) is 81.1 Å². The van der Waals surface area contributed by atoms with Crippen molar-refractivity contribution in [1.29, 1.82) is 0 Å². The van der Waals surface area contributed by atoms with Crippen LogP contribution >= 0.6 is 0 Å². The zero-order valence-electron chi connectivity index (χ0n) is 10.8. The smallest absolute Gasteiger partial charge is 0.407 e. The summed E-state index contributed by atoms with van der Waals surface area (Å²) in [6, 6.07) is -0.218. The summed E-state index contributed by atoms with van der Waals surface area (Å²) in [5.41, 5.74) is -0.433. The van der Waals surface area contributed by atoms with E-state index in [4.69, 9.17) is 0 Å². The van der Waals surface area contributed by atoms with Gasteiger partial charge in [-0.1, -0.05) is 13.8 Å². The third kappa shape index (κ3) is 2.23. The van der Waals surface area contributed by atoms with E-state index in [2.05, 4.69) is 0 Å². The fraction of sp³-hybridized carbons (Fsp3) is 0.833. The highest BCUT2D eigenvalue weighted by atomic mass is 16.4. The van der Waals surface area contributed by atoms with Gasteiger partial charge in [0.05, 0.1) is 11.6 Å². The summed E-state index contributed by atoms with van der Waals surface area (Å²) < 4.78 is 0. The lowest BCUT2D eigenvalue weighted by molar-refractivity contribution is 0.0184. The van der Waals surface area contributed by atoms with Crippen LogP contribution in [0.25, 0.3) is 0 Å². The molecule has 6 nitrogen and oxygen atoms in total. The predicted octanol–water partition coefficient (Wildman–Crippen LogP) is 1.91. The van der Waals surface area contributed by atoms with E-state index in [0.717, 1.165) is 12.8 Å². The molecule has 0 aromatic heterocycles. The molecule has 0 aromatic carbocycles. The molecule has 1 spiro atoms. The van der Waals surface area contributed by atoms with Gasteiger partial charge in [-0.15, -0.1) is 0 Å². The van der Waals surface area contributed by atoms with Gasteiger partial charge in [0.15, 0.2) is 0 Å². The Hall–Kier alpha value is -1.46. The van der Waals surface area contributed by atoms with Crippen LogP contribution in [0.3, 0.4) is 0 Å². The molecule has 1 aliphatic heterocycles. The first kappa shape index (κ1) is 13.0. The summed E-state index contributed by atoms with van der Waals surface area (Å²) in [4.78, 5) is 25.5. The Bertz CT molecular complexity index is 365. The minimum atomic E-state index is -0.933. The van der Waals surface area contributed by atoms with Crippen LogP contribution in [-0.4, -0.2) is 56.9 Å². The van der Waals surface area contributed by atoms with E-state index in [-0.39, 0.29) is 6.04 Å². The molecule has 1 heterocycles. The number of rotatable bonds is 2. The van der Waals surface area contributed by atoms with Gasteiger partial charge in [0.2, 0.25) is 0 Å². The van der Waals surface area contributed by atoms with Crippen LogP contribution in [0, 0.1) is 5.92 Å². The third-order valence-corrected chi connectivity index (χ3v) is 3.92. The van der Waals surface area contributed by atoms with Crippen molar-refractivity contribution in [1.82, 2.24) is 9.80 Å². The molecule has 1 saturated carbocycles. The third-order valence-electron chi connectivity index (χ3n) is 3.92. The van der Waals surface area contributed by atoms with E-state index >= 15 is 0 Å². The number of carbonyl (C=O) groups is 2. The van der Waals surface area contributed by atoms with Crippen molar-refractivity contribution in [2.24, 2.45) is 5.92 Å². The summed E-state index contributed by atoms with van der Waals surface area (Å²) in [5.74, 6) is 0.348. The Labute approximate surface area is 106 Å². The summed E-state index contributed by atoms with van der Waals surface area (Å²) in [6.45, 7) is 4.67. The number of carboxylic acid groups (broad SMARTS) is 2. The van der Waals surface area contributed by atoms with E-state index in [9.17, 15) is 19.8 Å². The quantitative estimate of drug-likeness (QED) is 0.790. The molecule has 0 radical (unpaired) electrons. The zero-order chi connectivity index (χ0) is 13.5. The highest BCUT2D eigenvalue weighted by Gasteiger charge is 2.56. The maximum absolute atomic E-state index is 11.3. The van der Waals surface area contributed by atoms with Crippen molar-refractivity contribution in [3.63, 3.8) is 0 Å². The second-order valence-electron chi connectivity index (χ2n) is 5.81. The molecule has 2 fully saturated rings. The van der Waals surface area contributed by atoms with Crippen LogP contribution in [-0.2, 0) is 0 Å². The largest absolute Gasteiger partial charge is 0.465 e. The van der Waals surface area contributed by atoms with Crippen molar-refractivity contribution in [2.75, 3.05) is 13.1 Å². The van der Waals surface area contributed by atoms with Crippen molar-refractivity contribution in [3.8, 4) is 0 Å². The zero-order valence-corrected chi connectivity index (χ0v) is 10.8. The van der Waals surface area contributed by atoms with Crippen LogP contribution in [0.4, 0.5) is 9.59 Å². The van der Waals surface area contributed by atoms with Gasteiger partial charge in [-0.25, -0.2) is 9.59 Å². The predicted molar refractivity (Wildman–Crippen MR) is 64.7 cm³/mol. The molecule has 18 heavy (non-hydrogen) atoms. The average molecular weight is 256 g/mol. The lowest BCUT2D eigenvalue weighted by atomic mass is 9.97. The molecule has 1 saturated heterocycles.